The standard InChI is InChI=1S/C13H15N3O2/c1-9-6-13(15-18-9)16-5-4-12-10(7-16)2-3-11(8-17)14-12/h2-3,6,17H,4-5,7-8H2,1H3. The van der Waals surface area contributed by atoms with Gasteiger partial charge in [0, 0.05) is 31.3 Å². The molecule has 0 amide bonds. The van der Waals surface area contributed by atoms with Crippen molar-refractivity contribution in [3.63, 3.8) is 0 Å². The van der Waals surface area contributed by atoms with Gasteiger partial charge in [0.05, 0.1) is 12.3 Å². The molecule has 0 saturated carbocycles. The van der Waals surface area contributed by atoms with E-state index < -0.39 is 0 Å². The largest absolute Gasteiger partial charge is 0.390 e. The fourth-order valence-corrected chi connectivity index (χ4v) is 2.25. The van der Waals surface area contributed by atoms with E-state index in [4.69, 9.17) is 9.63 Å². The molecular weight excluding hydrogens is 230 g/mol. The highest BCUT2D eigenvalue weighted by molar-refractivity contribution is 5.42. The third-order valence-corrected chi connectivity index (χ3v) is 3.21. The van der Waals surface area contributed by atoms with Gasteiger partial charge in [0.1, 0.15) is 5.76 Å². The molecule has 94 valence electrons. The van der Waals surface area contributed by atoms with Gasteiger partial charge in [-0.15, -0.1) is 0 Å². The molecule has 0 aromatic carbocycles. The maximum Gasteiger partial charge on any atom is 0.172 e. The Morgan fingerprint density at radius 3 is 3.06 bits per heavy atom. The number of aromatic nitrogens is 2. The average Bonchev–Trinajstić information content (AvgIpc) is 2.84. The summed E-state index contributed by atoms with van der Waals surface area (Å²) in [4.78, 5) is 6.62. The van der Waals surface area contributed by atoms with E-state index in [1.54, 1.807) is 0 Å². The van der Waals surface area contributed by atoms with Gasteiger partial charge in [0.25, 0.3) is 0 Å². The molecule has 0 spiro atoms. The number of anilines is 1. The Kier molecular flexibility index (Phi) is 2.76. The molecule has 0 radical (unpaired) electrons. The Morgan fingerprint density at radius 2 is 2.33 bits per heavy atom. The predicted molar refractivity (Wildman–Crippen MR) is 66.2 cm³/mol. The van der Waals surface area contributed by atoms with E-state index in [1.807, 2.05) is 25.1 Å². The molecule has 5 nitrogen and oxygen atoms in total. The highest BCUT2D eigenvalue weighted by Crippen LogP contribution is 2.23. The van der Waals surface area contributed by atoms with Gasteiger partial charge >= 0.3 is 0 Å². The van der Waals surface area contributed by atoms with Crippen LogP contribution < -0.4 is 4.90 Å². The lowest BCUT2D eigenvalue weighted by atomic mass is 10.1. The normalized spacial score (nSPS) is 14.7. The summed E-state index contributed by atoms with van der Waals surface area (Å²) in [6.45, 7) is 3.56. The highest BCUT2D eigenvalue weighted by Gasteiger charge is 2.20. The van der Waals surface area contributed by atoms with Crippen LogP contribution in [0.4, 0.5) is 5.82 Å². The first kappa shape index (κ1) is 11.2. The zero-order valence-electron chi connectivity index (χ0n) is 10.3. The quantitative estimate of drug-likeness (QED) is 0.867. The fourth-order valence-electron chi connectivity index (χ4n) is 2.25. The van der Waals surface area contributed by atoms with Crippen LogP contribution in [-0.2, 0) is 19.6 Å². The lowest BCUT2D eigenvalue weighted by molar-refractivity contribution is 0.276. The van der Waals surface area contributed by atoms with E-state index in [9.17, 15) is 0 Å². The number of rotatable bonds is 2. The van der Waals surface area contributed by atoms with E-state index in [0.717, 1.165) is 42.5 Å². The molecule has 5 heteroatoms. The van der Waals surface area contributed by atoms with Crippen LogP contribution in [0.25, 0.3) is 0 Å². The zero-order chi connectivity index (χ0) is 12.5. The molecular formula is C13H15N3O2. The van der Waals surface area contributed by atoms with Gasteiger partial charge in [-0.25, -0.2) is 0 Å². The zero-order valence-corrected chi connectivity index (χ0v) is 10.3. The van der Waals surface area contributed by atoms with E-state index >= 15 is 0 Å². The molecule has 1 N–H and O–H groups in total. The molecule has 0 saturated heterocycles. The third-order valence-electron chi connectivity index (χ3n) is 3.21. The second-order valence-electron chi connectivity index (χ2n) is 4.53. The van der Waals surface area contributed by atoms with Crippen LogP contribution in [0.1, 0.15) is 22.7 Å². The second kappa shape index (κ2) is 4.42. The molecule has 2 aromatic rings. The van der Waals surface area contributed by atoms with Gasteiger partial charge < -0.3 is 14.5 Å². The lowest BCUT2D eigenvalue weighted by Gasteiger charge is -2.27. The fraction of sp³-hybridized carbons (Fsp3) is 0.385. The number of hydrogen-bond donors (Lipinski definition) is 1. The van der Waals surface area contributed by atoms with Crippen molar-refractivity contribution in [2.45, 2.75) is 26.5 Å². The van der Waals surface area contributed by atoms with E-state index in [-0.39, 0.29) is 6.61 Å². The van der Waals surface area contributed by atoms with Crippen LogP contribution in [0.5, 0.6) is 0 Å². The first-order valence-corrected chi connectivity index (χ1v) is 6.03. The summed E-state index contributed by atoms with van der Waals surface area (Å²) in [6, 6.07) is 5.85. The van der Waals surface area contributed by atoms with Crippen molar-refractivity contribution >= 4 is 5.82 Å². The Balaban J connectivity index is 1.85. The Labute approximate surface area is 105 Å². The van der Waals surface area contributed by atoms with Gasteiger partial charge in [-0.1, -0.05) is 11.2 Å². The molecule has 0 bridgehead atoms. The minimum atomic E-state index is -0.000521. The molecule has 0 atom stereocenters. The van der Waals surface area contributed by atoms with Crippen LogP contribution in [0.3, 0.4) is 0 Å². The van der Waals surface area contributed by atoms with Crippen molar-refractivity contribution in [1.82, 2.24) is 10.1 Å². The van der Waals surface area contributed by atoms with Crippen LogP contribution in [-0.4, -0.2) is 21.8 Å². The molecule has 0 unspecified atom stereocenters. The van der Waals surface area contributed by atoms with Crippen LogP contribution in [0, 0.1) is 6.92 Å². The summed E-state index contributed by atoms with van der Waals surface area (Å²) in [5.41, 5.74) is 3.01. The number of aliphatic hydroxyl groups is 1. The topological polar surface area (TPSA) is 62.4 Å². The maximum absolute atomic E-state index is 9.08. The van der Waals surface area contributed by atoms with Crippen molar-refractivity contribution in [3.8, 4) is 0 Å². The Bertz CT molecular complexity index is 565. The summed E-state index contributed by atoms with van der Waals surface area (Å²) in [6.07, 6.45) is 0.870. The predicted octanol–water partition coefficient (Wildman–Crippen LogP) is 1.43. The van der Waals surface area contributed by atoms with E-state index in [2.05, 4.69) is 15.0 Å². The van der Waals surface area contributed by atoms with Gasteiger partial charge in [0.2, 0.25) is 0 Å². The molecule has 0 aliphatic carbocycles. The number of aryl methyl sites for hydroxylation is 1. The number of aliphatic hydroxyl groups excluding tert-OH is 1. The smallest absolute Gasteiger partial charge is 0.172 e. The summed E-state index contributed by atoms with van der Waals surface area (Å²) in [7, 11) is 0. The van der Waals surface area contributed by atoms with Crippen molar-refractivity contribution < 1.29 is 9.63 Å². The van der Waals surface area contributed by atoms with Gasteiger partial charge in [-0.3, -0.25) is 4.98 Å². The third kappa shape index (κ3) is 1.97. The van der Waals surface area contributed by atoms with Crippen LogP contribution >= 0.6 is 0 Å². The van der Waals surface area contributed by atoms with Crippen molar-refractivity contribution in [1.29, 1.82) is 0 Å². The first-order chi connectivity index (χ1) is 8.76. The van der Waals surface area contributed by atoms with Crippen LogP contribution in [0.2, 0.25) is 0 Å². The molecule has 1 aliphatic heterocycles. The summed E-state index contributed by atoms with van der Waals surface area (Å²) >= 11 is 0. The Morgan fingerprint density at radius 1 is 1.44 bits per heavy atom. The van der Waals surface area contributed by atoms with Crippen molar-refractivity contribution in [2.24, 2.45) is 0 Å². The lowest BCUT2D eigenvalue weighted by Crippen LogP contribution is -2.31. The first-order valence-electron chi connectivity index (χ1n) is 6.03. The minimum absolute atomic E-state index is 0.000521. The molecule has 2 aromatic heterocycles. The van der Waals surface area contributed by atoms with Crippen molar-refractivity contribution in [3.05, 3.63) is 40.9 Å². The van der Waals surface area contributed by atoms with Crippen molar-refractivity contribution in [2.75, 3.05) is 11.4 Å². The second-order valence-corrected chi connectivity index (χ2v) is 4.53. The monoisotopic (exact) mass is 245 g/mol. The number of hydrogen-bond acceptors (Lipinski definition) is 5. The number of nitrogens with zero attached hydrogens (tertiary/aromatic N) is 3. The summed E-state index contributed by atoms with van der Waals surface area (Å²) in [5.74, 6) is 1.70. The van der Waals surface area contributed by atoms with Crippen LogP contribution in [0.15, 0.2) is 22.7 Å². The number of fused-ring (bicyclic) bond motifs is 1. The van der Waals surface area contributed by atoms with E-state index in [0.29, 0.717) is 0 Å². The van der Waals surface area contributed by atoms with Gasteiger partial charge in [-0.2, -0.15) is 0 Å². The molecule has 3 heterocycles. The van der Waals surface area contributed by atoms with Gasteiger partial charge in [-0.05, 0) is 18.6 Å². The molecule has 0 fully saturated rings. The molecule has 18 heavy (non-hydrogen) atoms. The minimum Gasteiger partial charge on any atom is -0.390 e. The summed E-state index contributed by atoms with van der Waals surface area (Å²) in [5, 5.41) is 13.1. The molecule has 3 rings (SSSR count). The van der Waals surface area contributed by atoms with E-state index in [1.165, 1.54) is 5.56 Å². The Hall–Kier alpha value is -1.88. The summed E-state index contributed by atoms with van der Waals surface area (Å²) < 4.78 is 5.10. The highest BCUT2D eigenvalue weighted by atomic mass is 16.5. The number of pyridine rings is 1. The average molecular weight is 245 g/mol. The SMILES string of the molecule is Cc1cc(N2CCc3nc(CO)ccc3C2)no1. The maximum atomic E-state index is 9.08. The molecule has 1 aliphatic rings. The van der Waals surface area contributed by atoms with Gasteiger partial charge in [0.15, 0.2) is 5.82 Å².